The molecule has 0 spiro atoms. The summed E-state index contributed by atoms with van der Waals surface area (Å²) in [6, 6.07) is 9.12. The Labute approximate surface area is 115 Å². The SMILES string of the molecule is Cc1cc(Sc2ccc(F)cc2)c([C@H](C)O)cc1F. The van der Waals surface area contributed by atoms with E-state index in [1.807, 2.05) is 0 Å². The number of halogens is 2. The highest BCUT2D eigenvalue weighted by atomic mass is 32.2. The topological polar surface area (TPSA) is 20.2 Å². The fourth-order valence-corrected chi connectivity index (χ4v) is 2.82. The number of aryl methyl sites for hydroxylation is 1. The number of rotatable bonds is 3. The molecule has 2 rings (SSSR count). The quantitative estimate of drug-likeness (QED) is 0.894. The van der Waals surface area contributed by atoms with Crippen LogP contribution in [0.5, 0.6) is 0 Å². The van der Waals surface area contributed by atoms with Crippen molar-refractivity contribution in [1.29, 1.82) is 0 Å². The van der Waals surface area contributed by atoms with Crippen LogP contribution >= 0.6 is 11.8 Å². The van der Waals surface area contributed by atoms with Gasteiger partial charge in [0.25, 0.3) is 0 Å². The van der Waals surface area contributed by atoms with Gasteiger partial charge in [0, 0.05) is 9.79 Å². The van der Waals surface area contributed by atoms with E-state index in [1.165, 1.54) is 30.0 Å². The molecule has 0 aromatic heterocycles. The highest BCUT2D eigenvalue weighted by Gasteiger charge is 2.13. The summed E-state index contributed by atoms with van der Waals surface area (Å²) in [5, 5.41) is 9.70. The van der Waals surface area contributed by atoms with Crippen LogP contribution in [0.4, 0.5) is 8.78 Å². The van der Waals surface area contributed by atoms with E-state index in [0.717, 1.165) is 9.79 Å². The molecule has 0 bridgehead atoms. The van der Waals surface area contributed by atoms with E-state index in [2.05, 4.69) is 0 Å². The lowest BCUT2D eigenvalue weighted by Crippen LogP contribution is -1.97. The predicted octanol–water partition coefficient (Wildman–Crippen LogP) is 4.48. The van der Waals surface area contributed by atoms with Gasteiger partial charge >= 0.3 is 0 Å². The lowest BCUT2D eigenvalue weighted by atomic mass is 10.1. The van der Waals surface area contributed by atoms with Gasteiger partial charge in [-0.25, -0.2) is 8.78 Å². The van der Waals surface area contributed by atoms with Gasteiger partial charge in [-0.15, -0.1) is 0 Å². The second-order valence-electron chi connectivity index (χ2n) is 4.37. The van der Waals surface area contributed by atoms with Gasteiger partial charge in [0.15, 0.2) is 0 Å². The van der Waals surface area contributed by atoms with Crippen LogP contribution in [0, 0.1) is 18.6 Å². The van der Waals surface area contributed by atoms with Crippen molar-refractivity contribution in [2.45, 2.75) is 29.7 Å². The summed E-state index contributed by atoms with van der Waals surface area (Å²) in [5.41, 5.74) is 1.06. The lowest BCUT2D eigenvalue weighted by Gasteiger charge is -2.13. The van der Waals surface area contributed by atoms with Crippen molar-refractivity contribution >= 4 is 11.8 Å². The first kappa shape index (κ1) is 14.0. The van der Waals surface area contributed by atoms with Crippen LogP contribution in [0.2, 0.25) is 0 Å². The summed E-state index contributed by atoms with van der Waals surface area (Å²) in [5.74, 6) is -0.630. The third-order valence-electron chi connectivity index (χ3n) is 2.78. The van der Waals surface area contributed by atoms with Crippen molar-refractivity contribution < 1.29 is 13.9 Å². The molecule has 2 aromatic carbocycles. The molecule has 0 aliphatic heterocycles. The Bertz CT molecular complexity index is 579. The molecule has 1 N–H and O–H groups in total. The number of aliphatic hydroxyl groups excluding tert-OH is 1. The van der Waals surface area contributed by atoms with Crippen LogP contribution in [0.15, 0.2) is 46.2 Å². The van der Waals surface area contributed by atoms with Gasteiger partial charge in [0.1, 0.15) is 11.6 Å². The minimum absolute atomic E-state index is 0.296. The van der Waals surface area contributed by atoms with Crippen molar-refractivity contribution in [3.63, 3.8) is 0 Å². The van der Waals surface area contributed by atoms with Gasteiger partial charge in [0.05, 0.1) is 6.10 Å². The van der Waals surface area contributed by atoms with E-state index in [0.29, 0.717) is 11.1 Å². The second kappa shape index (κ2) is 5.72. The normalized spacial score (nSPS) is 12.5. The summed E-state index contributed by atoms with van der Waals surface area (Å²) in [6.45, 7) is 3.27. The Hall–Kier alpha value is -1.39. The lowest BCUT2D eigenvalue weighted by molar-refractivity contribution is 0.196. The summed E-state index contributed by atoms with van der Waals surface area (Å²) in [4.78, 5) is 1.62. The monoisotopic (exact) mass is 280 g/mol. The van der Waals surface area contributed by atoms with Gasteiger partial charge in [-0.2, -0.15) is 0 Å². The molecule has 0 amide bonds. The molecule has 1 nitrogen and oxygen atoms in total. The predicted molar refractivity (Wildman–Crippen MR) is 72.3 cm³/mol. The molecule has 0 saturated carbocycles. The Morgan fingerprint density at radius 3 is 2.32 bits per heavy atom. The van der Waals surface area contributed by atoms with Gasteiger partial charge < -0.3 is 5.11 Å². The molecule has 0 fully saturated rings. The third kappa shape index (κ3) is 3.33. The van der Waals surface area contributed by atoms with Crippen molar-refractivity contribution in [3.8, 4) is 0 Å². The number of hydrogen-bond acceptors (Lipinski definition) is 2. The first-order valence-corrected chi connectivity index (χ1v) is 6.70. The van der Waals surface area contributed by atoms with E-state index in [4.69, 9.17) is 0 Å². The summed E-state index contributed by atoms with van der Waals surface area (Å²) in [7, 11) is 0. The Morgan fingerprint density at radius 2 is 1.74 bits per heavy atom. The molecule has 0 aliphatic carbocycles. The zero-order valence-electron chi connectivity index (χ0n) is 10.7. The molecule has 0 aliphatic rings. The van der Waals surface area contributed by atoms with Gasteiger partial charge in [-0.1, -0.05) is 11.8 Å². The summed E-state index contributed by atoms with van der Waals surface area (Å²) < 4.78 is 26.4. The summed E-state index contributed by atoms with van der Waals surface area (Å²) >= 11 is 1.38. The maximum atomic E-state index is 13.5. The van der Waals surface area contributed by atoms with Gasteiger partial charge in [-0.3, -0.25) is 0 Å². The average Bonchev–Trinajstić information content (AvgIpc) is 2.36. The molecule has 1 atom stereocenters. The van der Waals surface area contributed by atoms with E-state index < -0.39 is 6.10 Å². The fraction of sp³-hybridized carbons (Fsp3) is 0.200. The summed E-state index contributed by atoms with van der Waals surface area (Å²) in [6.07, 6.45) is -0.752. The molecule has 0 unspecified atom stereocenters. The van der Waals surface area contributed by atoms with Gasteiger partial charge in [0.2, 0.25) is 0 Å². The molecule has 19 heavy (non-hydrogen) atoms. The molecule has 0 heterocycles. The number of hydrogen-bond donors (Lipinski definition) is 1. The highest BCUT2D eigenvalue weighted by molar-refractivity contribution is 7.99. The zero-order valence-corrected chi connectivity index (χ0v) is 11.5. The van der Waals surface area contributed by atoms with Crippen LogP contribution in [0.25, 0.3) is 0 Å². The smallest absolute Gasteiger partial charge is 0.126 e. The van der Waals surface area contributed by atoms with Gasteiger partial charge in [-0.05, 0) is 61.4 Å². The molecular formula is C15H14F2OS. The number of benzene rings is 2. The highest BCUT2D eigenvalue weighted by Crippen LogP contribution is 2.34. The minimum Gasteiger partial charge on any atom is -0.389 e. The Kier molecular flexibility index (Phi) is 4.22. The second-order valence-corrected chi connectivity index (χ2v) is 5.49. The largest absolute Gasteiger partial charge is 0.389 e. The van der Waals surface area contributed by atoms with Crippen LogP contribution in [0.3, 0.4) is 0 Å². The van der Waals surface area contributed by atoms with Crippen molar-refractivity contribution in [1.82, 2.24) is 0 Å². The van der Waals surface area contributed by atoms with Crippen molar-refractivity contribution in [2.75, 3.05) is 0 Å². The maximum Gasteiger partial charge on any atom is 0.126 e. The third-order valence-corrected chi connectivity index (χ3v) is 3.86. The van der Waals surface area contributed by atoms with E-state index in [-0.39, 0.29) is 11.6 Å². The Balaban J connectivity index is 2.38. The maximum absolute atomic E-state index is 13.5. The molecule has 0 saturated heterocycles. The van der Waals surface area contributed by atoms with Crippen LogP contribution in [-0.2, 0) is 0 Å². The fourth-order valence-electron chi connectivity index (χ4n) is 1.71. The number of aliphatic hydroxyl groups is 1. The van der Waals surface area contributed by atoms with Crippen molar-refractivity contribution in [3.05, 3.63) is 59.2 Å². The Morgan fingerprint density at radius 1 is 1.11 bits per heavy atom. The van der Waals surface area contributed by atoms with Crippen LogP contribution in [0.1, 0.15) is 24.2 Å². The van der Waals surface area contributed by atoms with E-state index >= 15 is 0 Å². The average molecular weight is 280 g/mol. The minimum atomic E-state index is -0.752. The molecular weight excluding hydrogens is 266 g/mol. The standard InChI is InChI=1S/C15H14F2OS/c1-9-7-15(13(10(2)18)8-14(9)17)19-12-5-3-11(16)4-6-12/h3-8,10,18H,1-2H3/t10-/m0/s1. The van der Waals surface area contributed by atoms with Crippen LogP contribution < -0.4 is 0 Å². The molecule has 2 aromatic rings. The first-order valence-electron chi connectivity index (χ1n) is 5.89. The molecule has 4 heteroatoms. The van der Waals surface area contributed by atoms with Crippen LogP contribution in [-0.4, -0.2) is 5.11 Å². The van der Waals surface area contributed by atoms with Crippen molar-refractivity contribution in [2.24, 2.45) is 0 Å². The molecule has 100 valence electrons. The molecule has 0 radical (unpaired) electrons. The van der Waals surface area contributed by atoms with E-state index in [9.17, 15) is 13.9 Å². The van der Waals surface area contributed by atoms with E-state index in [1.54, 1.807) is 32.0 Å². The first-order chi connectivity index (χ1) is 8.97. The zero-order chi connectivity index (χ0) is 14.0.